The van der Waals surface area contributed by atoms with Crippen molar-refractivity contribution in [3.8, 4) is 5.75 Å². The number of hydrogen-bond acceptors (Lipinski definition) is 3. The minimum atomic E-state index is 0.128. The second-order valence-corrected chi connectivity index (χ2v) is 2.12. The molecule has 1 aromatic heterocycles. The van der Waals surface area contributed by atoms with Crippen molar-refractivity contribution in [1.82, 2.24) is 5.16 Å². The van der Waals surface area contributed by atoms with Gasteiger partial charge in [-0.3, -0.25) is 0 Å². The maximum atomic E-state index is 5.35. The highest BCUT2D eigenvalue weighted by atomic mass is 35.5. The monoisotopic (exact) mass is 161 g/mol. The predicted molar refractivity (Wildman–Crippen MR) is 37.3 cm³/mol. The Labute approximate surface area is 63.9 Å². The summed E-state index contributed by atoms with van der Waals surface area (Å²) < 4.78 is 9.83. The Morgan fingerprint density at radius 2 is 2.30 bits per heavy atom. The molecule has 0 saturated heterocycles. The van der Waals surface area contributed by atoms with Gasteiger partial charge in [0.25, 0.3) is 0 Å². The molecule has 1 heterocycles. The second-order valence-electron chi connectivity index (χ2n) is 1.91. The number of halogens is 1. The van der Waals surface area contributed by atoms with Gasteiger partial charge in [0.1, 0.15) is 5.69 Å². The van der Waals surface area contributed by atoms with Crippen LogP contribution in [0.15, 0.2) is 4.52 Å². The van der Waals surface area contributed by atoms with Gasteiger partial charge in [-0.25, -0.2) is 0 Å². The van der Waals surface area contributed by atoms with Crippen LogP contribution in [0.5, 0.6) is 5.75 Å². The van der Waals surface area contributed by atoms with Gasteiger partial charge >= 0.3 is 0 Å². The maximum absolute atomic E-state index is 5.35. The van der Waals surface area contributed by atoms with Gasteiger partial charge in [-0.2, -0.15) is 0 Å². The second kappa shape index (κ2) is 2.92. The molecule has 0 spiro atoms. The molecule has 0 aliphatic heterocycles. The highest BCUT2D eigenvalue weighted by molar-refractivity contribution is 6.17. The third kappa shape index (κ3) is 1.24. The Hall–Kier alpha value is -0.700. The van der Waals surface area contributed by atoms with E-state index >= 15 is 0 Å². The predicted octanol–water partition coefficient (Wildman–Crippen LogP) is 1.87. The van der Waals surface area contributed by atoms with E-state index in [1.807, 2.05) is 0 Å². The molecule has 0 amide bonds. The van der Waals surface area contributed by atoms with E-state index in [1.54, 1.807) is 13.8 Å². The number of rotatable bonds is 2. The van der Waals surface area contributed by atoms with Crippen LogP contribution in [-0.4, -0.2) is 11.2 Å². The van der Waals surface area contributed by atoms with Crippen molar-refractivity contribution in [2.75, 3.05) is 6.07 Å². The molecule has 0 bridgehead atoms. The molecular formula is C6H8ClNO2. The first kappa shape index (κ1) is 7.41. The Kier molecular flexibility index (Phi) is 2.17. The number of nitrogens with zero attached hydrogens (tertiary/aromatic N) is 1. The molecule has 0 aliphatic carbocycles. The van der Waals surface area contributed by atoms with E-state index in [0.29, 0.717) is 11.5 Å². The molecule has 1 aromatic rings. The molecule has 10 heavy (non-hydrogen) atoms. The van der Waals surface area contributed by atoms with Crippen LogP contribution in [-0.2, 0) is 0 Å². The summed E-state index contributed by atoms with van der Waals surface area (Å²) in [5.74, 6) is 1.31. The van der Waals surface area contributed by atoms with Gasteiger partial charge in [0, 0.05) is 6.92 Å². The molecule has 0 saturated carbocycles. The molecule has 0 aliphatic rings. The lowest BCUT2D eigenvalue weighted by atomic mass is 10.4. The van der Waals surface area contributed by atoms with E-state index < -0.39 is 0 Å². The Balaban J connectivity index is 2.87. The van der Waals surface area contributed by atoms with E-state index in [-0.39, 0.29) is 6.07 Å². The average molecular weight is 162 g/mol. The van der Waals surface area contributed by atoms with Gasteiger partial charge in [-0.15, -0.1) is 0 Å². The van der Waals surface area contributed by atoms with Crippen LogP contribution in [0.3, 0.4) is 0 Å². The molecule has 0 aromatic carbocycles. The normalized spacial score (nSPS) is 9.90. The number of hydrogen-bond donors (Lipinski definition) is 0. The Morgan fingerprint density at radius 1 is 1.60 bits per heavy atom. The third-order valence-electron chi connectivity index (χ3n) is 1.17. The lowest BCUT2D eigenvalue weighted by molar-refractivity contribution is 0.359. The van der Waals surface area contributed by atoms with Crippen LogP contribution < -0.4 is 4.74 Å². The van der Waals surface area contributed by atoms with Crippen molar-refractivity contribution in [3.63, 3.8) is 0 Å². The van der Waals surface area contributed by atoms with Gasteiger partial charge in [0.2, 0.25) is 0 Å². The average Bonchev–Trinajstić information content (AvgIpc) is 2.20. The first-order valence-corrected chi connectivity index (χ1v) is 3.40. The summed E-state index contributed by atoms with van der Waals surface area (Å²) in [5.41, 5.74) is 0.734. The van der Waals surface area contributed by atoms with Gasteiger partial charge in [0.15, 0.2) is 17.6 Å². The van der Waals surface area contributed by atoms with Crippen molar-refractivity contribution in [2.24, 2.45) is 0 Å². The summed E-state index contributed by atoms with van der Waals surface area (Å²) in [6.45, 7) is 3.58. The fourth-order valence-corrected chi connectivity index (χ4v) is 0.844. The molecule has 0 radical (unpaired) electrons. The SMILES string of the molecule is Cc1noc(C)c1OCCl. The highest BCUT2D eigenvalue weighted by Gasteiger charge is 2.08. The van der Waals surface area contributed by atoms with Crippen LogP contribution in [0.2, 0.25) is 0 Å². The molecule has 0 unspecified atom stereocenters. The van der Waals surface area contributed by atoms with Crippen LogP contribution in [0.25, 0.3) is 0 Å². The van der Waals surface area contributed by atoms with Crippen molar-refractivity contribution in [1.29, 1.82) is 0 Å². The zero-order chi connectivity index (χ0) is 7.56. The molecule has 56 valence electrons. The topological polar surface area (TPSA) is 35.3 Å². The first-order valence-electron chi connectivity index (χ1n) is 2.87. The minimum absolute atomic E-state index is 0.128. The zero-order valence-electron chi connectivity index (χ0n) is 5.85. The zero-order valence-corrected chi connectivity index (χ0v) is 6.60. The molecular weight excluding hydrogens is 154 g/mol. The number of aryl methyl sites for hydroxylation is 2. The van der Waals surface area contributed by atoms with Crippen molar-refractivity contribution < 1.29 is 9.26 Å². The smallest absolute Gasteiger partial charge is 0.186 e. The van der Waals surface area contributed by atoms with Gasteiger partial charge < -0.3 is 9.26 Å². The van der Waals surface area contributed by atoms with E-state index in [4.69, 9.17) is 20.9 Å². The van der Waals surface area contributed by atoms with Crippen molar-refractivity contribution >= 4 is 11.6 Å². The lowest BCUT2D eigenvalue weighted by Crippen LogP contribution is -1.90. The van der Waals surface area contributed by atoms with Crippen LogP contribution in [0, 0.1) is 13.8 Å². The molecule has 0 atom stereocenters. The Bertz CT molecular complexity index is 202. The lowest BCUT2D eigenvalue weighted by Gasteiger charge is -1.96. The third-order valence-corrected chi connectivity index (χ3v) is 1.28. The fraction of sp³-hybridized carbons (Fsp3) is 0.500. The summed E-state index contributed by atoms with van der Waals surface area (Å²) in [5, 5.41) is 3.68. The van der Waals surface area contributed by atoms with Crippen molar-refractivity contribution in [2.45, 2.75) is 13.8 Å². The van der Waals surface area contributed by atoms with E-state index in [9.17, 15) is 0 Å². The van der Waals surface area contributed by atoms with E-state index in [2.05, 4.69) is 5.16 Å². The molecule has 4 heteroatoms. The maximum Gasteiger partial charge on any atom is 0.186 e. The summed E-state index contributed by atoms with van der Waals surface area (Å²) in [6.07, 6.45) is 0. The van der Waals surface area contributed by atoms with Gasteiger partial charge in [-0.1, -0.05) is 16.8 Å². The first-order chi connectivity index (χ1) is 4.75. The van der Waals surface area contributed by atoms with Crippen LogP contribution >= 0.6 is 11.6 Å². The standard InChI is InChI=1S/C6H8ClNO2/c1-4-6(9-3-7)5(2)10-8-4/h3H2,1-2H3. The van der Waals surface area contributed by atoms with Crippen molar-refractivity contribution in [3.05, 3.63) is 11.5 Å². The molecule has 3 nitrogen and oxygen atoms in total. The van der Waals surface area contributed by atoms with E-state index in [0.717, 1.165) is 5.69 Å². The van der Waals surface area contributed by atoms with Crippen LogP contribution in [0.4, 0.5) is 0 Å². The Morgan fingerprint density at radius 3 is 2.70 bits per heavy atom. The molecule has 0 fully saturated rings. The van der Waals surface area contributed by atoms with E-state index in [1.165, 1.54) is 0 Å². The quantitative estimate of drug-likeness (QED) is 0.622. The number of aromatic nitrogens is 1. The molecule has 1 rings (SSSR count). The van der Waals surface area contributed by atoms with Crippen LogP contribution in [0.1, 0.15) is 11.5 Å². The summed E-state index contributed by atoms with van der Waals surface area (Å²) in [4.78, 5) is 0. The summed E-state index contributed by atoms with van der Waals surface area (Å²) >= 11 is 5.35. The van der Waals surface area contributed by atoms with Gasteiger partial charge in [0.05, 0.1) is 0 Å². The van der Waals surface area contributed by atoms with Gasteiger partial charge in [-0.05, 0) is 6.92 Å². The fourth-order valence-electron chi connectivity index (χ4n) is 0.735. The summed E-state index contributed by atoms with van der Waals surface area (Å²) in [7, 11) is 0. The largest absolute Gasteiger partial charge is 0.472 e. The summed E-state index contributed by atoms with van der Waals surface area (Å²) in [6, 6.07) is 0.128. The highest BCUT2D eigenvalue weighted by Crippen LogP contribution is 2.21. The molecule has 0 N–H and O–H groups in total. The number of alkyl halides is 1. The number of ether oxygens (including phenoxy) is 1. The minimum Gasteiger partial charge on any atom is -0.472 e.